The lowest BCUT2D eigenvalue weighted by atomic mass is 10.1. The number of thioether (sulfide) groups is 1. The van der Waals surface area contributed by atoms with Crippen LogP contribution in [-0.4, -0.2) is 58.8 Å². The average Bonchev–Trinajstić information content (AvgIpc) is 3.42. The standard InChI is InChI=1S/C21H29N5O2S/c1-16-7-9-17(10-8-16)26-20(25-11-3-2-4-12-25)23-24-21(26)29-15-19(27)22-14-18-6-5-13-28-18/h7-10,18H,2-6,11-15H2,1H3,(H,22,27)/t18-/m1/s1. The van der Waals surface area contributed by atoms with E-state index in [0.29, 0.717) is 12.3 Å². The van der Waals surface area contributed by atoms with E-state index in [0.717, 1.165) is 49.3 Å². The van der Waals surface area contributed by atoms with Crippen molar-refractivity contribution >= 4 is 23.6 Å². The number of amides is 1. The van der Waals surface area contributed by atoms with Crippen LogP contribution in [0.1, 0.15) is 37.7 Å². The fourth-order valence-corrected chi connectivity index (χ4v) is 4.57. The molecule has 0 bridgehead atoms. The molecule has 0 radical (unpaired) electrons. The third kappa shape index (κ3) is 5.11. The maximum absolute atomic E-state index is 12.3. The number of piperidine rings is 1. The molecule has 2 saturated heterocycles. The van der Waals surface area contributed by atoms with Crippen molar-refractivity contribution in [3.05, 3.63) is 29.8 Å². The van der Waals surface area contributed by atoms with Crippen molar-refractivity contribution < 1.29 is 9.53 Å². The van der Waals surface area contributed by atoms with Crippen LogP contribution in [0.2, 0.25) is 0 Å². The molecule has 7 nitrogen and oxygen atoms in total. The van der Waals surface area contributed by atoms with Crippen LogP contribution in [0.4, 0.5) is 5.95 Å². The summed E-state index contributed by atoms with van der Waals surface area (Å²) in [6.45, 7) is 5.46. The van der Waals surface area contributed by atoms with E-state index in [-0.39, 0.29) is 12.0 Å². The zero-order valence-corrected chi connectivity index (χ0v) is 17.8. The second-order valence-corrected chi connectivity index (χ2v) is 8.67. The number of rotatable bonds is 7. The van der Waals surface area contributed by atoms with Gasteiger partial charge in [0.25, 0.3) is 0 Å². The zero-order chi connectivity index (χ0) is 20.1. The Morgan fingerprint density at radius 1 is 1.17 bits per heavy atom. The largest absolute Gasteiger partial charge is 0.376 e. The van der Waals surface area contributed by atoms with Gasteiger partial charge in [0, 0.05) is 26.2 Å². The molecule has 1 aromatic heterocycles. The first-order valence-electron chi connectivity index (χ1n) is 10.5. The Morgan fingerprint density at radius 3 is 2.69 bits per heavy atom. The SMILES string of the molecule is Cc1ccc(-n2c(SCC(=O)NC[C@H]3CCCO3)nnc2N2CCCCC2)cc1. The molecule has 156 valence electrons. The number of aryl methyl sites for hydroxylation is 1. The Balaban J connectivity index is 1.47. The molecule has 0 aliphatic carbocycles. The molecular weight excluding hydrogens is 386 g/mol. The normalized spacial score (nSPS) is 19.5. The fourth-order valence-electron chi connectivity index (χ4n) is 3.79. The van der Waals surface area contributed by atoms with Gasteiger partial charge in [-0.15, -0.1) is 10.2 Å². The highest BCUT2D eigenvalue weighted by atomic mass is 32.2. The van der Waals surface area contributed by atoms with Crippen molar-refractivity contribution in [1.29, 1.82) is 0 Å². The number of aromatic nitrogens is 3. The average molecular weight is 416 g/mol. The predicted octanol–water partition coefficient (Wildman–Crippen LogP) is 2.95. The third-order valence-corrected chi connectivity index (χ3v) is 6.36. The summed E-state index contributed by atoms with van der Waals surface area (Å²) >= 11 is 1.43. The Labute approximate surface area is 176 Å². The van der Waals surface area contributed by atoms with Crippen LogP contribution in [0.15, 0.2) is 29.4 Å². The number of ether oxygens (including phenoxy) is 1. The molecule has 0 unspecified atom stereocenters. The van der Waals surface area contributed by atoms with Gasteiger partial charge < -0.3 is 15.0 Å². The number of carbonyl (C=O) groups is 1. The molecule has 0 saturated carbocycles. The molecule has 1 N–H and O–H groups in total. The van der Waals surface area contributed by atoms with E-state index in [1.807, 2.05) is 0 Å². The summed E-state index contributed by atoms with van der Waals surface area (Å²) in [6.07, 6.45) is 5.87. The highest BCUT2D eigenvalue weighted by Crippen LogP contribution is 2.28. The van der Waals surface area contributed by atoms with Gasteiger partial charge in [-0.25, -0.2) is 0 Å². The molecular formula is C21H29N5O2S. The van der Waals surface area contributed by atoms with Crippen molar-refractivity contribution in [2.45, 2.75) is 50.3 Å². The topological polar surface area (TPSA) is 72.3 Å². The van der Waals surface area contributed by atoms with Crippen LogP contribution in [0, 0.1) is 6.92 Å². The van der Waals surface area contributed by atoms with Gasteiger partial charge in [0.1, 0.15) is 0 Å². The maximum Gasteiger partial charge on any atom is 0.232 e. The van der Waals surface area contributed by atoms with E-state index >= 15 is 0 Å². The minimum atomic E-state index is 0.00322. The first kappa shape index (κ1) is 20.2. The second-order valence-electron chi connectivity index (χ2n) is 7.73. The Hall–Kier alpha value is -2.06. The van der Waals surface area contributed by atoms with Crippen LogP contribution in [-0.2, 0) is 9.53 Å². The summed E-state index contributed by atoms with van der Waals surface area (Å²) in [5, 5.41) is 12.7. The van der Waals surface area contributed by atoms with Gasteiger partial charge in [-0.3, -0.25) is 9.36 Å². The van der Waals surface area contributed by atoms with Crippen LogP contribution < -0.4 is 10.2 Å². The van der Waals surface area contributed by atoms with Crippen molar-refractivity contribution in [2.24, 2.45) is 0 Å². The van der Waals surface area contributed by atoms with E-state index in [9.17, 15) is 4.79 Å². The summed E-state index contributed by atoms with van der Waals surface area (Å²) in [4.78, 5) is 14.6. The van der Waals surface area contributed by atoms with Gasteiger partial charge in [-0.05, 0) is 51.2 Å². The van der Waals surface area contributed by atoms with Gasteiger partial charge >= 0.3 is 0 Å². The first-order chi connectivity index (χ1) is 14.2. The molecule has 0 spiro atoms. The zero-order valence-electron chi connectivity index (χ0n) is 17.0. The van der Waals surface area contributed by atoms with Crippen LogP contribution in [0.25, 0.3) is 5.69 Å². The van der Waals surface area contributed by atoms with Crippen molar-refractivity contribution in [1.82, 2.24) is 20.1 Å². The summed E-state index contributed by atoms with van der Waals surface area (Å²) in [5.41, 5.74) is 2.24. The number of nitrogens with zero attached hydrogens (tertiary/aromatic N) is 4. The molecule has 2 fully saturated rings. The summed E-state index contributed by atoms with van der Waals surface area (Å²) in [7, 11) is 0. The monoisotopic (exact) mass is 415 g/mol. The molecule has 2 aliphatic heterocycles. The van der Waals surface area contributed by atoms with E-state index in [2.05, 4.69) is 56.2 Å². The molecule has 2 aliphatic rings. The predicted molar refractivity (Wildman–Crippen MR) is 115 cm³/mol. The number of benzene rings is 1. The molecule has 4 rings (SSSR count). The molecule has 1 amide bonds. The summed E-state index contributed by atoms with van der Waals surface area (Å²) in [6, 6.07) is 8.37. The van der Waals surface area contributed by atoms with Gasteiger partial charge in [-0.1, -0.05) is 29.5 Å². The number of anilines is 1. The molecule has 1 aromatic carbocycles. The van der Waals surface area contributed by atoms with E-state index in [4.69, 9.17) is 4.74 Å². The molecule has 2 aromatic rings. The second kappa shape index (κ2) is 9.63. The molecule has 3 heterocycles. The maximum atomic E-state index is 12.3. The van der Waals surface area contributed by atoms with Crippen molar-refractivity contribution in [3.8, 4) is 5.69 Å². The lowest BCUT2D eigenvalue weighted by Crippen LogP contribution is -2.33. The minimum absolute atomic E-state index is 0.00322. The lowest BCUT2D eigenvalue weighted by Gasteiger charge is -2.27. The van der Waals surface area contributed by atoms with E-state index in [1.165, 1.54) is 36.6 Å². The van der Waals surface area contributed by atoms with Crippen LogP contribution in [0.3, 0.4) is 0 Å². The van der Waals surface area contributed by atoms with E-state index in [1.54, 1.807) is 0 Å². The van der Waals surface area contributed by atoms with Gasteiger partial charge in [-0.2, -0.15) is 0 Å². The van der Waals surface area contributed by atoms with Gasteiger partial charge in [0.2, 0.25) is 11.9 Å². The smallest absolute Gasteiger partial charge is 0.232 e. The third-order valence-electron chi connectivity index (χ3n) is 5.43. The summed E-state index contributed by atoms with van der Waals surface area (Å²) in [5.74, 6) is 1.19. The minimum Gasteiger partial charge on any atom is -0.376 e. The van der Waals surface area contributed by atoms with Gasteiger partial charge in [0.15, 0.2) is 5.16 Å². The Kier molecular flexibility index (Phi) is 6.71. The molecule has 8 heteroatoms. The Bertz CT molecular complexity index is 811. The molecule has 29 heavy (non-hydrogen) atoms. The summed E-state index contributed by atoms with van der Waals surface area (Å²) < 4.78 is 7.66. The highest BCUT2D eigenvalue weighted by molar-refractivity contribution is 7.99. The first-order valence-corrected chi connectivity index (χ1v) is 11.5. The lowest BCUT2D eigenvalue weighted by molar-refractivity contribution is -0.119. The number of hydrogen-bond donors (Lipinski definition) is 1. The van der Waals surface area contributed by atoms with E-state index < -0.39 is 0 Å². The fraction of sp³-hybridized carbons (Fsp3) is 0.571. The van der Waals surface area contributed by atoms with Crippen molar-refractivity contribution in [2.75, 3.05) is 36.9 Å². The van der Waals surface area contributed by atoms with Gasteiger partial charge in [0.05, 0.1) is 17.5 Å². The highest BCUT2D eigenvalue weighted by Gasteiger charge is 2.22. The van der Waals surface area contributed by atoms with Crippen molar-refractivity contribution in [3.63, 3.8) is 0 Å². The Morgan fingerprint density at radius 2 is 1.97 bits per heavy atom. The number of nitrogens with one attached hydrogen (secondary N) is 1. The molecule has 1 atom stereocenters. The quantitative estimate of drug-likeness (QED) is 0.701. The van der Waals surface area contributed by atoms with Crippen LogP contribution in [0.5, 0.6) is 0 Å². The van der Waals surface area contributed by atoms with Crippen LogP contribution >= 0.6 is 11.8 Å². The number of hydrogen-bond acceptors (Lipinski definition) is 6. The number of carbonyl (C=O) groups excluding carboxylic acids is 1.